The first-order valence-electron chi connectivity index (χ1n) is 28.9. The molecule has 1 fully saturated rings. The molecule has 5 amide bonds. The van der Waals surface area contributed by atoms with Crippen LogP contribution >= 0.6 is 350 Å². The maximum absolute atomic E-state index is 12.6. The number of hydrogen-bond acceptors (Lipinski definition) is 21. The SMILES string of the molecule is CC(=O)Nc1c(I)c(C(=O)O)c(I)c(C(=O)O)c1I.CC(=O)OCC(=O)N(C)c1c(I)c(C(=O)O)c(I)c(C(=O)O)c1I.CC(=O)OCC(=O)Nc1c(I)c(C(=O)O)c(I)c(C(=O)O)c1I.CC(C)C1OCC(C(=O)Nc2c(I)c(C(=O)O)c(I)c(C(=O)O)c2I)CO1.O=C(CCl)Nc1c(I)c(C(=O)O)c(I)c(C(=O)O)c1I. The average molecular weight is 3280 g/mol. The molecule has 1 aliphatic heterocycles. The van der Waals surface area contributed by atoms with Crippen LogP contribution in [0.3, 0.4) is 0 Å². The Morgan fingerprint density at radius 3 is 0.832 bits per heavy atom. The van der Waals surface area contributed by atoms with Gasteiger partial charge in [-0.3, -0.25) is 33.6 Å². The first kappa shape index (κ1) is 107. The molecule has 0 aliphatic carbocycles. The van der Waals surface area contributed by atoms with Crippen LogP contribution in [-0.4, -0.2) is 198 Å². The van der Waals surface area contributed by atoms with Gasteiger partial charge in [0.2, 0.25) is 17.7 Å². The zero-order valence-corrected chi connectivity index (χ0v) is 89.4. The smallest absolute Gasteiger partial charge is 0.337 e. The summed E-state index contributed by atoms with van der Waals surface area (Å²) in [5.74, 6) is -17.5. The van der Waals surface area contributed by atoms with Gasteiger partial charge in [0, 0.05) is 51.6 Å². The van der Waals surface area contributed by atoms with Gasteiger partial charge in [0.25, 0.3) is 11.8 Å². The summed E-state index contributed by atoms with van der Waals surface area (Å²) in [5, 5.41) is 103. The highest BCUT2D eigenvalue weighted by Crippen LogP contribution is 2.42. The Bertz CT molecular complexity index is 4640. The van der Waals surface area contributed by atoms with Crippen LogP contribution in [0.1, 0.15) is 138 Å². The molecule has 52 heteroatoms. The minimum absolute atomic E-state index is 0.0542. The van der Waals surface area contributed by atoms with E-state index in [0.29, 0.717) is 7.14 Å². The van der Waals surface area contributed by atoms with Gasteiger partial charge in [-0.1, -0.05) is 13.8 Å². The molecule has 6 rings (SSSR count). The predicted molar refractivity (Wildman–Crippen MR) is 524 cm³/mol. The topological polar surface area (TPSA) is 581 Å². The van der Waals surface area contributed by atoms with Crippen LogP contribution in [0.25, 0.3) is 0 Å². The number of aromatic carboxylic acids is 10. The summed E-state index contributed by atoms with van der Waals surface area (Å²) in [4.78, 5) is 196. The summed E-state index contributed by atoms with van der Waals surface area (Å²) in [6.07, 6.45) is -0.371. The molecule has 113 heavy (non-hydrogen) atoms. The summed E-state index contributed by atoms with van der Waals surface area (Å²) in [5.41, 5.74) is -0.972. The van der Waals surface area contributed by atoms with Gasteiger partial charge in [0.15, 0.2) is 19.5 Å². The quantitative estimate of drug-likeness (QED) is 0.0174. The summed E-state index contributed by atoms with van der Waals surface area (Å²) < 4.78 is 23.2. The van der Waals surface area contributed by atoms with Crippen molar-refractivity contribution in [3.8, 4) is 0 Å². The second-order valence-electron chi connectivity index (χ2n) is 21.2. The Balaban J connectivity index is 0.000000482. The molecule has 0 spiro atoms. The number of benzene rings is 5. The van der Waals surface area contributed by atoms with E-state index in [4.69, 9.17) is 21.1 Å². The van der Waals surface area contributed by atoms with Crippen LogP contribution in [0.5, 0.6) is 0 Å². The van der Waals surface area contributed by atoms with Crippen molar-refractivity contribution in [2.45, 2.75) is 40.9 Å². The third-order valence-corrected chi connectivity index (χ3v) is 29.6. The molecule has 36 nitrogen and oxygen atoms in total. The lowest BCUT2D eigenvalue weighted by Crippen LogP contribution is -2.41. The van der Waals surface area contributed by atoms with E-state index < -0.39 is 120 Å². The number of halogens is 16. The van der Waals surface area contributed by atoms with E-state index in [-0.39, 0.29) is 162 Å². The summed E-state index contributed by atoms with van der Waals surface area (Å²) in [6.45, 7) is 6.70. The van der Waals surface area contributed by atoms with Crippen molar-refractivity contribution in [1.82, 2.24) is 0 Å². The summed E-state index contributed by atoms with van der Waals surface area (Å²) in [6, 6.07) is 0. The molecule has 612 valence electrons. The number of carbonyl (C=O) groups is 17. The van der Waals surface area contributed by atoms with E-state index in [0.717, 1.165) is 18.7 Å². The maximum atomic E-state index is 12.6. The Morgan fingerprint density at radius 2 is 0.602 bits per heavy atom. The number of hydrogen-bond donors (Lipinski definition) is 14. The van der Waals surface area contributed by atoms with Gasteiger partial charge in [-0.2, -0.15) is 0 Å². The molecule has 0 atom stereocenters. The number of esters is 2. The Labute approximate surface area is 844 Å². The number of ether oxygens (including phenoxy) is 4. The largest absolute Gasteiger partial charge is 0.478 e. The zero-order chi connectivity index (χ0) is 87.6. The number of nitrogens with zero attached hydrogens (tertiary/aromatic N) is 1. The van der Waals surface area contributed by atoms with Gasteiger partial charge in [0.1, 0.15) is 5.88 Å². The van der Waals surface area contributed by atoms with Gasteiger partial charge in [-0.05, 0) is 339 Å². The second-order valence-corrected chi connectivity index (χ2v) is 37.7. The molecule has 0 saturated carbocycles. The minimum atomic E-state index is -1.31. The lowest BCUT2D eigenvalue weighted by Gasteiger charge is -2.31. The molecule has 0 radical (unpaired) electrons. The van der Waals surface area contributed by atoms with E-state index in [9.17, 15) is 133 Å². The highest BCUT2D eigenvalue weighted by Gasteiger charge is 2.36. The van der Waals surface area contributed by atoms with Crippen LogP contribution in [0.2, 0.25) is 0 Å². The number of alkyl halides is 1. The fourth-order valence-electron chi connectivity index (χ4n) is 8.27. The number of rotatable bonds is 22. The highest BCUT2D eigenvalue weighted by atomic mass is 127. The zero-order valence-electron chi connectivity index (χ0n) is 56.3. The van der Waals surface area contributed by atoms with Crippen molar-refractivity contribution in [3.05, 3.63) is 109 Å². The molecule has 1 heterocycles. The Kier molecular flexibility index (Phi) is 46.3. The monoisotopic (exact) mass is 3280 g/mol. The van der Waals surface area contributed by atoms with Gasteiger partial charge in [-0.15, -0.1) is 11.6 Å². The van der Waals surface area contributed by atoms with Crippen LogP contribution < -0.4 is 26.2 Å². The van der Waals surface area contributed by atoms with Crippen molar-refractivity contribution in [1.29, 1.82) is 0 Å². The van der Waals surface area contributed by atoms with Gasteiger partial charge in [-0.25, -0.2) is 47.9 Å². The summed E-state index contributed by atoms with van der Waals surface area (Å²) in [7, 11) is 1.36. The average Bonchev–Trinajstić information content (AvgIpc) is 0.785. The molecule has 0 bridgehead atoms. The Morgan fingerprint density at radius 1 is 0.372 bits per heavy atom. The molecular weight excluding hydrogens is 3240 g/mol. The highest BCUT2D eigenvalue weighted by molar-refractivity contribution is 14.1. The molecule has 5 aromatic rings. The second kappa shape index (κ2) is 48.8. The van der Waals surface area contributed by atoms with Gasteiger partial charge < -0.3 is 96.2 Å². The van der Waals surface area contributed by atoms with E-state index in [1.807, 2.05) is 13.8 Å². The van der Waals surface area contributed by atoms with Crippen LogP contribution in [0.4, 0.5) is 28.4 Å². The lowest BCUT2D eigenvalue weighted by atomic mass is 10.1. The fraction of sp³-hybridized carbons (Fsp3) is 0.230. The van der Waals surface area contributed by atoms with Crippen molar-refractivity contribution in [3.63, 3.8) is 0 Å². The van der Waals surface area contributed by atoms with Crippen LogP contribution in [0, 0.1) is 65.4 Å². The number of anilines is 5. The molecule has 0 unspecified atom stereocenters. The van der Waals surface area contributed by atoms with Gasteiger partial charge in [0.05, 0.1) is 139 Å². The Hall–Kier alpha value is -1.75. The summed E-state index contributed by atoms with van der Waals surface area (Å²) >= 11 is 31.4. The normalized spacial score (nSPS) is 12.5. The number of nitrogens with one attached hydrogen (secondary N) is 4. The van der Waals surface area contributed by atoms with E-state index in [1.165, 1.54) is 14.0 Å². The van der Waals surface area contributed by atoms with Crippen molar-refractivity contribution < 1.29 is 152 Å². The number of carbonyl (C=O) groups excluding carboxylic acids is 7. The van der Waals surface area contributed by atoms with E-state index >= 15 is 0 Å². The minimum Gasteiger partial charge on any atom is -0.478 e. The predicted octanol–water partition coefficient (Wildman–Crippen LogP) is 14.2. The van der Waals surface area contributed by atoms with E-state index in [2.05, 4.69) is 30.7 Å². The van der Waals surface area contributed by atoms with Crippen LogP contribution in [-0.2, 0) is 52.5 Å². The fourth-order valence-corrected chi connectivity index (χ4v) is 30.6. The number of carboxylic acid groups (broad SMARTS) is 10. The standard InChI is InChI=1S/C16H16I3NO7.C13H10I3NO7.C12H8I3NO7.C10H5ClI3NO5.C10H6I3NO5/c1-5(2)16-26-3-6(4-27-16)13(21)20-12-10(18)7(14(22)23)9(17)8(11(12)19)15(24)25;1-4(18)24-3-5(19)17(2)11-9(15)6(12(20)21)8(14)7(10(11)16)13(22)23;1-3(17)23-2-4(18)16-10-8(14)5(11(19)20)7(13)6(9(10)15)12(21)22;11-1-2(16)15-8-6(13)3(9(17)18)5(12)4(7(8)14)10(19)20;1-2(15)14-8-6(12)3(9(16)17)5(11)4(7(8)13)10(18)19/h5-6,16H,3-4H2,1-2H3,(H,20,21)(H,22,23)(H,24,25);3H2,1-2H3,(H,20,21)(H,22,23);2H2,1H3,(H,16,18)(H,19,20)(H,21,22);1H2,(H,15,16)(H,17,18)(H,19,20);1H3,(H,14,15)(H,16,17)(H,18,19). The van der Waals surface area contributed by atoms with Crippen molar-refractivity contribution >= 4 is 480 Å². The van der Waals surface area contributed by atoms with Crippen molar-refractivity contribution in [2.24, 2.45) is 11.8 Å². The maximum Gasteiger partial charge on any atom is 0.337 e. The molecule has 5 aromatic carbocycles. The van der Waals surface area contributed by atoms with Crippen molar-refractivity contribution in [2.75, 3.05) is 65.5 Å². The number of amides is 5. The third kappa shape index (κ3) is 28.7. The third-order valence-electron chi connectivity index (χ3n) is 13.3. The molecule has 14 N–H and O–H groups in total. The number of carboxylic acids is 10. The number of likely N-dealkylation sites (N-methyl/N-ethyl adjacent to an activating group) is 1. The molecule has 1 saturated heterocycles. The molecule has 1 aliphatic rings. The molecule has 0 aromatic heterocycles. The van der Waals surface area contributed by atoms with E-state index in [1.54, 1.807) is 339 Å². The first-order chi connectivity index (χ1) is 52.0. The lowest BCUT2D eigenvalue weighted by molar-refractivity contribution is -0.217. The molecular formula is C61H45ClI15N5O31. The van der Waals surface area contributed by atoms with Gasteiger partial charge >= 0.3 is 71.6 Å². The first-order valence-corrected chi connectivity index (χ1v) is 45.6. The van der Waals surface area contributed by atoms with Crippen LogP contribution in [0.15, 0.2) is 0 Å².